The normalized spacial score (nSPS) is 12.5. The van der Waals surface area contributed by atoms with Crippen molar-refractivity contribution in [2.45, 2.75) is 398 Å². The number of unbranched alkanes of at least 4 members (excludes halogenated alkanes) is 53. The summed E-state index contributed by atoms with van der Waals surface area (Å²) in [6.07, 6.45) is 78.4. The lowest BCUT2D eigenvalue weighted by atomic mass is 10.0. The van der Waals surface area contributed by atoms with Gasteiger partial charge in [-0.05, 0) is 32.1 Å². The van der Waals surface area contributed by atoms with Gasteiger partial charge in [0.15, 0.2) is 0 Å². The molecule has 0 aliphatic carbocycles. The Kier molecular flexibility index (Phi) is 62.9. The Hall–Kier alpha value is -1.40. The van der Waals surface area contributed by atoms with E-state index in [1.807, 2.05) is 6.08 Å². The van der Waals surface area contributed by atoms with Gasteiger partial charge in [0.25, 0.3) is 0 Å². The number of amides is 1. The highest BCUT2D eigenvalue weighted by Gasteiger charge is 2.18. The largest absolute Gasteiger partial charge is 0.466 e. The number of hydrogen-bond acceptors (Lipinski definition) is 5. The van der Waals surface area contributed by atoms with E-state index in [-0.39, 0.29) is 18.5 Å². The Morgan fingerprint density at radius 3 is 0.919 bits per heavy atom. The molecule has 0 spiro atoms. The van der Waals surface area contributed by atoms with Gasteiger partial charge in [0, 0.05) is 12.8 Å². The Morgan fingerprint density at radius 2 is 0.622 bits per heavy atom. The highest BCUT2D eigenvalue weighted by molar-refractivity contribution is 5.76. The van der Waals surface area contributed by atoms with E-state index in [2.05, 4.69) is 19.2 Å². The molecule has 0 fully saturated rings. The number of hydrogen-bond donors (Lipinski definition) is 3. The van der Waals surface area contributed by atoms with Gasteiger partial charge < -0.3 is 20.3 Å². The molecule has 2 unspecified atom stereocenters. The summed E-state index contributed by atoms with van der Waals surface area (Å²) in [6.45, 7) is 4.94. The van der Waals surface area contributed by atoms with Crippen molar-refractivity contribution in [3.05, 3.63) is 12.2 Å². The summed E-state index contributed by atoms with van der Waals surface area (Å²) in [5, 5.41) is 23.2. The fraction of sp³-hybridized carbons (Fsp3) is 0.941. The minimum Gasteiger partial charge on any atom is -0.466 e. The maximum absolute atomic E-state index is 12.5. The van der Waals surface area contributed by atoms with Gasteiger partial charge in [-0.3, -0.25) is 9.59 Å². The number of esters is 1. The van der Waals surface area contributed by atoms with E-state index in [1.165, 1.54) is 321 Å². The fourth-order valence-corrected chi connectivity index (χ4v) is 10.9. The molecule has 6 nitrogen and oxygen atoms in total. The van der Waals surface area contributed by atoms with Crippen LogP contribution < -0.4 is 5.32 Å². The first-order chi connectivity index (χ1) is 36.5. The van der Waals surface area contributed by atoms with E-state index >= 15 is 0 Å². The summed E-state index contributed by atoms with van der Waals surface area (Å²) in [7, 11) is 0. The molecule has 0 aromatic rings. The first kappa shape index (κ1) is 72.6. The number of ether oxygens (including phenoxy) is 1. The van der Waals surface area contributed by atoms with E-state index in [4.69, 9.17) is 4.74 Å². The van der Waals surface area contributed by atoms with Crippen LogP contribution in [-0.4, -0.2) is 47.4 Å². The molecule has 0 aromatic heterocycles. The van der Waals surface area contributed by atoms with Gasteiger partial charge in [-0.15, -0.1) is 0 Å². The number of allylic oxidation sites excluding steroid dienone is 1. The van der Waals surface area contributed by atoms with Gasteiger partial charge in [-0.1, -0.05) is 353 Å². The Morgan fingerprint density at radius 1 is 0.365 bits per heavy atom. The van der Waals surface area contributed by atoms with Gasteiger partial charge in [0.2, 0.25) is 5.91 Å². The van der Waals surface area contributed by atoms with Crippen molar-refractivity contribution in [1.29, 1.82) is 0 Å². The van der Waals surface area contributed by atoms with Crippen molar-refractivity contribution < 1.29 is 24.5 Å². The van der Waals surface area contributed by atoms with Crippen LogP contribution in [0.4, 0.5) is 0 Å². The third kappa shape index (κ3) is 59.8. The second kappa shape index (κ2) is 64.1. The van der Waals surface area contributed by atoms with E-state index in [0.29, 0.717) is 19.4 Å². The number of nitrogens with one attached hydrogen (secondary N) is 1. The van der Waals surface area contributed by atoms with Gasteiger partial charge >= 0.3 is 5.97 Å². The highest BCUT2D eigenvalue weighted by atomic mass is 16.5. The molecule has 0 bridgehead atoms. The van der Waals surface area contributed by atoms with Gasteiger partial charge in [-0.25, -0.2) is 0 Å². The summed E-state index contributed by atoms with van der Waals surface area (Å²) < 4.78 is 5.51. The minimum absolute atomic E-state index is 0.0158. The van der Waals surface area contributed by atoms with Gasteiger partial charge in [0.05, 0.1) is 25.4 Å². The number of aliphatic hydroxyl groups excluding tert-OH is 2. The molecular weight excluding hydrogens is 911 g/mol. The predicted octanol–water partition coefficient (Wildman–Crippen LogP) is 21.6. The van der Waals surface area contributed by atoms with E-state index in [9.17, 15) is 19.8 Å². The molecule has 3 N–H and O–H groups in total. The van der Waals surface area contributed by atoms with E-state index < -0.39 is 12.1 Å². The van der Waals surface area contributed by atoms with E-state index in [0.717, 1.165) is 38.5 Å². The maximum atomic E-state index is 12.5. The number of carbonyl (C=O) groups excluding carboxylic acids is 2. The van der Waals surface area contributed by atoms with Gasteiger partial charge in [0.1, 0.15) is 0 Å². The first-order valence-electron chi connectivity index (χ1n) is 34.0. The third-order valence-electron chi connectivity index (χ3n) is 16.1. The molecular formula is C68H133NO5. The van der Waals surface area contributed by atoms with Crippen LogP contribution in [0.15, 0.2) is 12.2 Å². The summed E-state index contributed by atoms with van der Waals surface area (Å²) in [5.41, 5.74) is 0. The summed E-state index contributed by atoms with van der Waals surface area (Å²) >= 11 is 0. The van der Waals surface area contributed by atoms with Gasteiger partial charge in [-0.2, -0.15) is 0 Å². The van der Waals surface area contributed by atoms with Crippen LogP contribution in [0.5, 0.6) is 0 Å². The molecule has 0 aromatic carbocycles. The van der Waals surface area contributed by atoms with E-state index in [1.54, 1.807) is 6.08 Å². The van der Waals surface area contributed by atoms with Crippen molar-refractivity contribution in [1.82, 2.24) is 5.32 Å². The van der Waals surface area contributed by atoms with Crippen LogP contribution in [0.25, 0.3) is 0 Å². The lowest BCUT2D eigenvalue weighted by molar-refractivity contribution is -0.143. The van der Waals surface area contributed by atoms with Crippen molar-refractivity contribution in [3.8, 4) is 0 Å². The minimum atomic E-state index is -0.845. The fourth-order valence-electron chi connectivity index (χ4n) is 10.9. The highest BCUT2D eigenvalue weighted by Crippen LogP contribution is 2.19. The topological polar surface area (TPSA) is 95.9 Å². The van der Waals surface area contributed by atoms with Crippen LogP contribution in [-0.2, 0) is 14.3 Å². The zero-order valence-corrected chi connectivity index (χ0v) is 50.4. The third-order valence-corrected chi connectivity index (χ3v) is 16.1. The molecule has 0 heterocycles. The monoisotopic (exact) mass is 1040 g/mol. The van der Waals surface area contributed by atoms with Crippen LogP contribution in [0.1, 0.15) is 386 Å². The average Bonchev–Trinajstić information content (AvgIpc) is 3.40. The molecule has 2 atom stereocenters. The molecule has 1 amide bonds. The zero-order chi connectivity index (χ0) is 53.6. The molecule has 74 heavy (non-hydrogen) atoms. The SMILES string of the molecule is CCCCCCCCCCCCCCCCCC/C=C/C(O)C(CO)NC(=O)CCCCCCCCCCCCCCCCCCCCCCOC(=O)CCCCCCCCCCCCCCCCCCCCC. The molecule has 0 rings (SSSR count). The molecule has 0 aliphatic heterocycles. The zero-order valence-electron chi connectivity index (χ0n) is 50.4. The number of rotatable bonds is 64. The predicted molar refractivity (Wildman–Crippen MR) is 324 cm³/mol. The van der Waals surface area contributed by atoms with Crippen molar-refractivity contribution in [2.75, 3.05) is 13.2 Å². The second-order valence-corrected chi connectivity index (χ2v) is 23.5. The van der Waals surface area contributed by atoms with Crippen molar-refractivity contribution in [2.24, 2.45) is 0 Å². The average molecular weight is 1040 g/mol. The summed E-state index contributed by atoms with van der Waals surface area (Å²) in [6, 6.07) is -0.629. The Labute approximate surface area is 463 Å². The Bertz CT molecular complexity index is 1110. The quantitative estimate of drug-likeness (QED) is 0.0320. The maximum Gasteiger partial charge on any atom is 0.305 e. The lowest BCUT2D eigenvalue weighted by Gasteiger charge is -2.20. The van der Waals surface area contributed by atoms with Crippen LogP contribution >= 0.6 is 0 Å². The lowest BCUT2D eigenvalue weighted by Crippen LogP contribution is -2.45. The second-order valence-electron chi connectivity index (χ2n) is 23.5. The standard InChI is InChI=1S/C68H133NO5/c1-3-5-7-9-11-13-15-17-19-21-25-30-34-38-42-46-50-54-58-62-68(73)74-63-59-55-51-47-43-39-35-31-27-24-23-26-29-33-37-41-45-49-53-57-61-67(72)69-65(64-70)66(71)60-56-52-48-44-40-36-32-28-22-20-18-16-14-12-10-8-6-4-2/h56,60,65-66,70-71H,3-55,57-59,61-64H2,1-2H3,(H,69,72)/b60-56+. The van der Waals surface area contributed by atoms with Crippen LogP contribution in [0.2, 0.25) is 0 Å². The first-order valence-corrected chi connectivity index (χ1v) is 34.0. The van der Waals surface area contributed by atoms with Crippen LogP contribution in [0.3, 0.4) is 0 Å². The molecule has 0 aliphatic rings. The molecule has 0 saturated heterocycles. The van der Waals surface area contributed by atoms with Crippen LogP contribution in [0, 0.1) is 0 Å². The summed E-state index contributed by atoms with van der Waals surface area (Å²) in [5.74, 6) is -0.0502. The number of aliphatic hydroxyl groups is 2. The molecule has 440 valence electrons. The van der Waals surface area contributed by atoms with Crippen molar-refractivity contribution >= 4 is 11.9 Å². The summed E-state index contributed by atoms with van der Waals surface area (Å²) in [4.78, 5) is 24.6. The van der Waals surface area contributed by atoms with Crippen molar-refractivity contribution in [3.63, 3.8) is 0 Å². The number of carbonyl (C=O) groups is 2. The molecule has 0 radical (unpaired) electrons. The molecule has 0 saturated carbocycles. The smallest absolute Gasteiger partial charge is 0.305 e. The molecule has 6 heteroatoms. The Balaban J connectivity index is 3.38.